The molecule has 0 aliphatic carbocycles. The number of hydrogen-bond acceptors (Lipinski definition) is 4. The van der Waals surface area contributed by atoms with Crippen molar-refractivity contribution in [3.63, 3.8) is 0 Å². The smallest absolute Gasteiger partial charge is 0.395 e. The molecule has 0 aliphatic heterocycles. The topological polar surface area (TPSA) is 85.4 Å². The van der Waals surface area contributed by atoms with E-state index in [0.717, 1.165) is 20.8 Å². The number of nitrogens with zero attached hydrogens (tertiary/aromatic N) is 1. The minimum absolute atomic E-state index is 0.0905. The zero-order valence-electron chi connectivity index (χ0n) is 10.8. The number of carbonyl (C=O) groups is 1. The summed E-state index contributed by atoms with van der Waals surface area (Å²) in [5, 5.41) is 13.2. The third-order valence-electron chi connectivity index (χ3n) is 2.75. The molecule has 2 aromatic rings. The highest BCUT2D eigenvalue weighted by Gasteiger charge is 2.18. The summed E-state index contributed by atoms with van der Waals surface area (Å²) in [7, 11) is 0. The fraction of sp³-hybridized carbons (Fsp3) is 0.154. The maximum Gasteiger partial charge on any atom is 0.433 e. The van der Waals surface area contributed by atoms with Crippen LogP contribution in [-0.4, -0.2) is 10.8 Å². The molecule has 0 atom stereocenters. The zero-order chi connectivity index (χ0) is 14.9. The molecule has 0 radical (unpaired) electrons. The van der Waals surface area contributed by atoms with Gasteiger partial charge in [-0.3, -0.25) is 14.9 Å². The highest BCUT2D eigenvalue weighted by atomic mass is 127. The molecule has 0 saturated carbocycles. The lowest BCUT2D eigenvalue weighted by Gasteiger charge is -2.09. The van der Waals surface area contributed by atoms with Gasteiger partial charge in [-0.1, -0.05) is 0 Å². The summed E-state index contributed by atoms with van der Waals surface area (Å²) in [6, 6.07) is 6.24. The van der Waals surface area contributed by atoms with E-state index in [0.29, 0.717) is 5.69 Å². The first-order chi connectivity index (χ1) is 9.38. The van der Waals surface area contributed by atoms with Gasteiger partial charge in [0, 0.05) is 9.26 Å². The summed E-state index contributed by atoms with van der Waals surface area (Å²) in [6.07, 6.45) is 0. The lowest BCUT2D eigenvalue weighted by Crippen LogP contribution is -2.12. The first-order valence-electron chi connectivity index (χ1n) is 5.71. The number of halogens is 1. The lowest BCUT2D eigenvalue weighted by molar-refractivity contribution is -0.402. The van der Waals surface area contributed by atoms with E-state index >= 15 is 0 Å². The Morgan fingerprint density at radius 2 is 2.00 bits per heavy atom. The summed E-state index contributed by atoms with van der Waals surface area (Å²) < 4.78 is 5.96. The van der Waals surface area contributed by atoms with E-state index in [-0.39, 0.29) is 5.76 Å². The standard InChI is InChI=1S/C13H11IN2O4/c1-7-6-10(8(2)5-9(7)14)15-13(17)11-3-4-12(20-11)16(18)19/h3-6H,1-2H3,(H,15,17). The molecule has 0 saturated heterocycles. The molecule has 0 spiro atoms. The molecule has 0 unspecified atom stereocenters. The van der Waals surface area contributed by atoms with Gasteiger partial charge in [0.2, 0.25) is 0 Å². The van der Waals surface area contributed by atoms with Crippen molar-refractivity contribution in [2.45, 2.75) is 13.8 Å². The minimum Gasteiger partial charge on any atom is -0.395 e. The van der Waals surface area contributed by atoms with Crippen LogP contribution in [0.15, 0.2) is 28.7 Å². The third-order valence-corrected chi connectivity index (χ3v) is 3.91. The highest BCUT2D eigenvalue weighted by molar-refractivity contribution is 14.1. The van der Waals surface area contributed by atoms with Gasteiger partial charge in [0.1, 0.15) is 4.92 Å². The summed E-state index contributed by atoms with van der Waals surface area (Å²) in [5.41, 5.74) is 2.61. The summed E-state index contributed by atoms with van der Waals surface area (Å²) >= 11 is 2.22. The van der Waals surface area contributed by atoms with E-state index in [9.17, 15) is 14.9 Å². The first kappa shape index (κ1) is 14.5. The van der Waals surface area contributed by atoms with Crippen molar-refractivity contribution in [2.24, 2.45) is 0 Å². The molecule has 1 heterocycles. The van der Waals surface area contributed by atoms with Crippen molar-refractivity contribution < 1.29 is 14.1 Å². The van der Waals surface area contributed by atoms with Crippen LogP contribution in [0.2, 0.25) is 0 Å². The normalized spacial score (nSPS) is 10.3. The number of nitrogens with one attached hydrogen (secondary N) is 1. The minimum atomic E-state index is -0.683. The Morgan fingerprint density at radius 1 is 1.30 bits per heavy atom. The molecule has 1 N–H and O–H groups in total. The number of amides is 1. The number of nitro groups is 1. The molecule has 2 rings (SSSR count). The zero-order valence-corrected chi connectivity index (χ0v) is 12.9. The maximum absolute atomic E-state index is 12.0. The summed E-state index contributed by atoms with van der Waals surface area (Å²) in [6.45, 7) is 3.82. The molecule has 104 valence electrons. The summed E-state index contributed by atoms with van der Waals surface area (Å²) in [5.74, 6) is -1.06. The second kappa shape index (κ2) is 5.61. The van der Waals surface area contributed by atoms with Crippen LogP contribution >= 0.6 is 22.6 Å². The van der Waals surface area contributed by atoms with Gasteiger partial charge in [-0.25, -0.2) is 0 Å². The van der Waals surface area contributed by atoms with Crippen LogP contribution in [0.25, 0.3) is 0 Å². The molecule has 0 fully saturated rings. The molecule has 20 heavy (non-hydrogen) atoms. The van der Waals surface area contributed by atoms with Crippen molar-refractivity contribution in [3.05, 3.63) is 54.8 Å². The second-order valence-electron chi connectivity index (χ2n) is 4.27. The van der Waals surface area contributed by atoms with Crippen LogP contribution < -0.4 is 5.32 Å². The molecular formula is C13H11IN2O4. The number of benzene rings is 1. The molecule has 1 aromatic carbocycles. The van der Waals surface area contributed by atoms with Gasteiger partial charge in [-0.15, -0.1) is 0 Å². The van der Waals surface area contributed by atoms with Gasteiger partial charge in [-0.2, -0.15) is 0 Å². The number of furan rings is 1. The van der Waals surface area contributed by atoms with E-state index in [4.69, 9.17) is 4.42 Å². The molecule has 7 heteroatoms. The second-order valence-corrected chi connectivity index (χ2v) is 5.43. The van der Waals surface area contributed by atoms with Gasteiger partial charge in [0.15, 0.2) is 5.76 Å². The predicted molar refractivity (Wildman–Crippen MR) is 81.9 cm³/mol. The number of hydrogen-bond donors (Lipinski definition) is 1. The Hall–Kier alpha value is -1.90. The van der Waals surface area contributed by atoms with Crippen LogP contribution in [0.3, 0.4) is 0 Å². The average molecular weight is 386 g/mol. The molecule has 1 amide bonds. The van der Waals surface area contributed by atoms with E-state index in [2.05, 4.69) is 27.9 Å². The van der Waals surface area contributed by atoms with Crippen molar-refractivity contribution >= 4 is 40.1 Å². The lowest BCUT2D eigenvalue weighted by atomic mass is 10.1. The van der Waals surface area contributed by atoms with Gasteiger partial charge in [-0.05, 0) is 65.8 Å². The molecule has 1 aromatic heterocycles. The van der Waals surface area contributed by atoms with Crippen molar-refractivity contribution in [1.82, 2.24) is 0 Å². The van der Waals surface area contributed by atoms with Gasteiger partial charge < -0.3 is 9.73 Å². The Labute approximate surface area is 128 Å². The number of anilines is 1. The Balaban J connectivity index is 2.23. The van der Waals surface area contributed by atoms with E-state index in [1.165, 1.54) is 6.07 Å². The number of aryl methyl sites for hydroxylation is 2. The van der Waals surface area contributed by atoms with Crippen LogP contribution in [0.1, 0.15) is 21.7 Å². The molecular weight excluding hydrogens is 375 g/mol. The fourth-order valence-electron chi connectivity index (χ4n) is 1.65. The van der Waals surface area contributed by atoms with Crippen molar-refractivity contribution in [3.8, 4) is 0 Å². The Bertz CT molecular complexity index is 694. The van der Waals surface area contributed by atoms with Gasteiger partial charge in [0.05, 0.1) is 6.07 Å². The Kier molecular flexibility index (Phi) is 4.07. The van der Waals surface area contributed by atoms with Crippen LogP contribution in [0.5, 0.6) is 0 Å². The molecule has 6 nitrogen and oxygen atoms in total. The fourth-order valence-corrected chi connectivity index (χ4v) is 2.27. The van der Waals surface area contributed by atoms with Crippen LogP contribution in [-0.2, 0) is 0 Å². The average Bonchev–Trinajstić information content (AvgIpc) is 2.85. The van der Waals surface area contributed by atoms with Gasteiger partial charge in [0.25, 0.3) is 5.91 Å². The Morgan fingerprint density at radius 3 is 2.60 bits per heavy atom. The predicted octanol–water partition coefficient (Wildman–Crippen LogP) is 3.66. The quantitative estimate of drug-likeness (QED) is 0.496. The number of rotatable bonds is 3. The summed E-state index contributed by atoms with van der Waals surface area (Å²) in [4.78, 5) is 21.8. The van der Waals surface area contributed by atoms with E-state index in [1.54, 1.807) is 0 Å². The monoisotopic (exact) mass is 386 g/mol. The van der Waals surface area contributed by atoms with Gasteiger partial charge >= 0.3 is 5.88 Å². The van der Waals surface area contributed by atoms with Crippen molar-refractivity contribution in [1.29, 1.82) is 0 Å². The van der Waals surface area contributed by atoms with Crippen LogP contribution in [0.4, 0.5) is 11.6 Å². The third kappa shape index (κ3) is 2.98. The molecule has 0 aliphatic rings. The highest BCUT2D eigenvalue weighted by Crippen LogP contribution is 2.23. The molecule has 0 bridgehead atoms. The van der Waals surface area contributed by atoms with E-state index in [1.807, 2.05) is 26.0 Å². The number of carbonyl (C=O) groups excluding carboxylic acids is 1. The van der Waals surface area contributed by atoms with E-state index < -0.39 is 16.7 Å². The maximum atomic E-state index is 12.0. The van der Waals surface area contributed by atoms with Crippen LogP contribution in [0, 0.1) is 27.5 Å². The SMILES string of the molecule is Cc1cc(NC(=O)c2ccc([N+](=O)[O-])o2)c(C)cc1I. The van der Waals surface area contributed by atoms with Crippen molar-refractivity contribution in [2.75, 3.05) is 5.32 Å². The first-order valence-corrected chi connectivity index (χ1v) is 6.78. The largest absolute Gasteiger partial charge is 0.433 e.